The molecule has 31 heavy (non-hydrogen) atoms. The van der Waals surface area contributed by atoms with Crippen molar-refractivity contribution in [3.8, 4) is 11.3 Å². The maximum atomic E-state index is 13.5. The molecule has 2 aromatic heterocycles. The molecule has 0 spiro atoms. The van der Waals surface area contributed by atoms with E-state index in [1.54, 1.807) is 28.8 Å². The number of hydrogen-bond donors (Lipinski definition) is 2. The van der Waals surface area contributed by atoms with Crippen LogP contribution in [0.3, 0.4) is 0 Å². The number of rotatable bonds is 8. The molecular formula is C23H22ClFN2O4. The van der Waals surface area contributed by atoms with E-state index in [2.05, 4.69) is 5.10 Å². The Morgan fingerprint density at radius 1 is 1.19 bits per heavy atom. The quantitative estimate of drug-likeness (QED) is 0.490. The number of aromatic nitrogens is 2. The monoisotopic (exact) mass is 444 g/mol. The SMILES string of the molecule is CC(C)c1c(C=CC(O)CC(=O)CC(=O)O)c(-c2ccc(F)cc2)nn2c(Cl)ccc12. The van der Waals surface area contributed by atoms with Gasteiger partial charge in [0.05, 0.1) is 17.3 Å². The van der Waals surface area contributed by atoms with Crippen molar-refractivity contribution in [1.29, 1.82) is 0 Å². The highest BCUT2D eigenvalue weighted by Crippen LogP contribution is 2.34. The Bertz CT molecular complexity index is 1150. The zero-order valence-corrected chi connectivity index (χ0v) is 17.8. The number of carbonyl (C=O) groups excluding carboxylic acids is 1. The van der Waals surface area contributed by atoms with Crippen LogP contribution in [0.2, 0.25) is 5.15 Å². The van der Waals surface area contributed by atoms with E-state index in [1.165, 1.54) is 18.2 Å². The number of benzene rings is 1. The minimum Gasteiger partial charge on any atom is -0.481 e. The van der Waals surface area contributed by atoms with Crippen LogP contribution in [0.4, 0.5) is 4.39 Å². The smallest absolute Gasteiger partial charge is 0.310 e. The zero-order valence-electron chi connectivity index (χ0n) is 17.0. The van der Waals surface area contributed by atoms with Gasteiger partial charge in [-0.2, -0.15) is 5.10 Å². The van der Waals surface area contributed by atoms with E-state index in [1.807, 2.05) is 19.9 Å². The van der Waals surface area contributed by atoms with Crippen molar-refractivity contribution < 1.29 is 24.2 Å². The third kappa shape index (κ3) is 5.18. The molecule has 1 unspecified atom stereocenters. The molecule has 0 saturated carbocycles. The van der Waals surface area contributed by atoms with Crippen molar-refractivity contribution in [3.63, 3.8) is 0 Å². The van der Waals surface area contributed by atoms with Crippen molar-refractivity contribution in [2.24, 2.45) is 0 Å². The van der Waals surface area contributed by atoms with Gasteiger partial charge in [-0.3, -0.25) is 9.59 Å². The fourth-order valence-electron chi connectivity index (χ4n) is 3.47. The fraction of sp³-hybridized carbons (Fsp3) is 0.261. The first-order chi connectivity index (χ1) is 14.7. The van der Waals surface area contributed by atoms with E-state index >= 15 is 0 Å². The highest BCUT2D eigenvalue weighted by atomic mass is 35.5. The lowest BCUT2D eigenvalue weighted by atomic mass is 9.93. The Morgan fingerprint density at radius 2 is 1.87 bits per heavy atom. The van der Waals surface area contributed by atoms with Gasteiger partial charge in [0.25, 0.3) is 0 Å². The number of aliphatic carboxylic acids is 1. The summed E-state index contributed by atoms with van der Waals surface area (Å²) in [6.07, 6.45) is 1.01. The van der Waals surface area contributed by atoms with Crippen LogP contribution in [0.25, 0.3) is 22.9 Å². The summed E-state index contributed by atoms with van der Waals surface area (Å²) in [5.74, 6) is -2.13. The first-order valence-corrected chi connectivity index (χ1v) is 10.1. The number of carboxylic acid groups (broad SMARTS) is 1. The molecule has 0 saturated heterocycles. The molecule has 0 aliphatic heterocycles. The molecule has 0 aliphatic carbocycles. The Morgan fingerprint density at radius 3 is 2.48 bits per heavy atom. The fourth-order valence-corrected chi connectivity index (χ4v) is 3.67. The number of hydrogen-bond acceptors (Lipinski definition) is 4. The average molecular weight is 445 g/mol. The Labute approximate surface area is 183 Å². The number of carbonyl (C=O) groups is 2. The Balaban J connectivity index is 2.12. The number of ketones is 1. The molecule has 2 N–H and O–H groups in total. The number of fused-ring (bicyclic) bond motifs is 1. The highest BCUT2D eigenvalue weighted by molar-refractivity contribution is 6.30. The van der Waals surface area contributed by atoms with Gasteiger partial charge in [-0.15, -0.1) is 0 Å². The Hall–Kier alpha value is -3.03. The summed E-state index contributed by atoms with van der Waals surface area (Å²) in [7, 11) is 0. The summed E-state index contributed by atoms with van der Waals surface area (Å²) in [6, 6.07) is 9.46. The molecule has 3 aromatic rings. The van der Waals surface area contributed by atoms with E-state index < -0.39 is 24.3 Å². The minimum atomic E-state index is -1.23. The summed E-state index contributed by atoms with van der Waals surface area (Å²) in [5, 5.41) is 24.0. The predicted molar refractivity (Wildman–Crippen MR) is 117 cm³/mol. The maximum Gasteiger partial charge on any atom is 0.310 e. The summed E-state index contributed by atoms with van der Waals surface area (Å²) in [6.45, 7) is 4.02. The number of aliphatic hydroxyl groups excluding tert-OH is 1. The van der Waals surface area contributed by atoms with Gasteiger partial charge in [-0.05, 0) is 47.9 Å². The van der Waals surface area contributed by atoms with Gasteiger partial charge in [-0.1, -0.05) is 37.6 Å². The number of carboxylic acids is 1. The molecule has 1 atom stereocenters. The highest BCUT2D eigenvalue weighted by Gasteiger charge is 2.20. The van der Waals surface area contributed by atoms with Gasteiger partial charge in [-0.25, -0.2) is 8.91 Å². The van der Waals surface area contributed by atoms with Crippen molar-refractivity contribution in [2.45, 2.75) is 38.7 Å². The second kappa shape index (κ2) is 9.41. The minimum absolute atomic E-state index is 0.0566. The van der Waals surface area contributed by atoms with Gasteiger partial charge in [0.1, 0.15) is 23.2 Å². The van der Waals surface area contributed by atoms with E-state index in [0.717, 1.165) is 11.1 Å². The van der Waals surface area contributed by atoms with Crippen molar-refractivity contribution in [1.82, 2.24) is 9.61 Å². The van der Waals surface area contributed by atoms with E-state index in [0.29, 0.717) is 22.0 Å². The van der Waals surface area contributed by atoms with Crippen molar-refractivity contribution in [2.75, 3.05) is 0 Å². The Kier molecular flexibility index (Phi) is 6.87. The summed E-state index contributed by atoms with van der Waals surface area (Å²) in [4.78, 5) is 22.4. The van der Waals surface area contributed by atoms with Crippen LogP contribution in [0, 0.1) is 5.82 Å². The first-order valence-electron chi connectivity index (χ1n) is 9.74. The topological polar surface area (TPSA) is 91.9 Å². The molecule has 162 valence electrons. The summed E-state index contributed by atoms with van der Waals surface area (Å²) < 4.78 is 15.1. The van der Waals surface area contributed by atoms with Gasteiger partial charge < -0.3 is 10.2 Å². The third-order valence-electron chi connectivity index (χ3n) is 4.80. The molecule has 0 aliphatic rings. The molecular weight excluding hydrogens is 423 g/mol. The van der Waals surface area contributed by atoms with Crippen LogP contribution in [0.15, 0.2) is 42.5 Å². The average Bonchev–Trinajstić information content (AvgIpc) is 3.05. The molecule has 8 heteroatoms. The van der Waals surface area contributed by atoms with E-state index in [4.69, 9.17) is 16.7 Å². The molecule has 1 aromatic carbocycles. The number of nitrogens with zero attached hydrogens (tertiary/aromatic N) is 2. The molecule has 3 rings (SSSR count). The second-order valence-corrected chi connectivity index (χ2v) is 7.92. The summed E-state index contributed by atoms with van der Waals surface area (Å²) in [5.41, 5.74) is 3.61. The van der Waals surface area contributed by atoms with Crippen molar-refractivity contribution >= 4 is 34.9 Å². The predicted octanol–water partition coefficient (Wildman–Crippen LogP) is 4.73. The zero-order chi connectivity index (χ0) is 22.7. The van der Waals surface area contributed by atoms with E-state index in [9.17, 15) is 19.1 Å². The summed E-state index contributed by atoms with van der Waals surface area (Å²) >= 11 is 6.31. The van der Waals surface area contributed by atoms with Crippen LogP contribution in [0.5, 0.6) is 0 Å². The second-order valence-electron chi connectivity index (χ2n) is 7.53. The van der Waals surface area contributed by atoms with Crippen LogP contribution in [-0.2, 0) is 9.59 Å². The standard InChI is InChI=1S/C23H22ClFN2O4/c1-13(2)22-18(8-7-16(28)11-17(29)12-21(30)31)23(14-3-5-15(25)6-4-14)26-27-19(22)9-10-20(27)24/h3-10,13,16,28H,11-12H2,1-2H3,(H,30,31). The van der Waals surface area contributed by atoms with Crippen LogP contribution in [0.1, 0.15) is 43.7 Å². The lowest BCUT2D eigenvalue weighted by Gasteiger charge is -2.17. The van der Waals surface area contributed by atoms with Crippen LogP contribution < -0.4 is 0 Å². The van der Waals surface area contributed by atoms with E-state index in [-0.39, 0.29) is 18.2 Å². The molecule has 6 nitrogen and oxygen atoms in total. The lowest BCUT2D eigenvalue weighted by Crippen LogP contribution is -2.14. The normalized spacial score (nSPS) is 12.7. The van der Waals surface area contributed by atoms with Gasteiger partial charge in [0.2, 0.25) is 0 Å². The van der Waals surface area contributed by atoms with Gasteiger partial charge in [0, 0.05) is 17.5 Å². The number of aliphatic hydroxyl groups is 1. The lowest BCUT2D eigenvalue weighted by molar-refractivity contribution is -0.140. The molecule has 2 heterocycles. The molecule has 0 bridgehead atoms. The molecule has 0 radical (unpaired) electrons. The van der Waals surface area contributed by atoms with Gasteiger partial charge in [0.15, 0.2) is 0 Å². The molecule has 0 fully saturated rings. The van der Waals surface area contributed by atoms with Crippen LogP contribution in [-0.4, -0.2) is 37.7 Å². The number of halogens is 2. The third-order valence-corrected chi connectivity index (χ3v) is 5.08. The maximum absolute atomic E-state index is 13.5. The largest absolute Gasteiger partial charge is 0.481 e. The van der Waals surface area contributed by atoms with Crippen molar-refractivity contribution in [3.05, 3.63) is 64.6 Å². The van der Waals surface area contributed by atoms with Gasteiger partial charge >= 0.3 is 5.97 Å². The number of Topliss-reactive ketones (excluding diaryl/α,β-unsaturated/α-hetero) is 1. The van der Waals surface area contributed by atoms with Crippen LogP contribution >= 0.6 is 11.6 Å². The first kappa shape index (κ1) is 22.7. The molecule has 0 amide bonds.